The van der Waals surface area contributed by atoms with Gasteiger partial charge >= 0.3 is 0 Å². The van der Waals surface area contributed by atoms with Crippen LogP contribution in [-0.2, 0) is 6.54 Å². The van der Waals surface area contributed by atoms with Crippen LogP contribution in [0.15, 0.2) is 47.7 Å². The minimum Gasteiger partial charge on any atom is -0.357 e. The standard InChI is InChI=1S/C19H27N5S/c1-3-20-18(22-15-19(2)9-5-12-25-19)21-14-16-7-4-8-17(13-16)24-11-6-10-23-24/h4,6-8,10-11,13H,3,5,9,12,14-15H2,1-2H3,(H2,20,21,22). The van der Waals surface area contributed by atoms with E-state index < -0.39 is 0 Å². The Morgan fingerprint density at radius 3 is 3.00 bits per heavy atom. The fraction of sp³-hybridized carbons (Fsp3) is 0.474. The van der Waals surface area contributed by atoms with Gasteiger partial charge in [-0.15, -0.1) is 0 Å². The van der Waals surface area contributed by atoms with Gasteiger partial charge in [0.25, 0.3) is 0 Å². The largest absolute Gasteiger partial charge is 0.357 e. The van der Waals surface area contributed by atoms with Crippen LogP contribution in [0.1, 0.15) is 32.3 Å². The highest BCUT2D eigenvalue weighted by molar-refractivity contribution is 8.00. The number of nitrogens with one attached hydrogen (secondary N) is 2. The number of hydrogen-bond donors (Lipinski definition) is 2. The molecular weight excluding hydrogens is 330 g/mol. The molecule has 3 rings (SSSR count). The fourth-order valence-corrected chi connectivity index (χ4v) is 4.22. The Morgan fingerprint density at radius 1 is 1.36 bits per heavy atom. The molecule has 6 heteroatoms. The van der Waals surface area contributed by atoms with E-state index in [0.29, 0.717) is 11.3 Å². The van der Waals surface area contributed by atoms with Gasteiger partial charge in [0.15, 0.2) is 5.96 Å². The molecule has 1 aliphatic rings. The van der Waals surface area contributed by atoms with Crippen LogP contribution in [-0.4, -0.2) is 39.3 Å². The highest BCUT2D eigenvalue weighted by Gasteiger charge is 2.29. The molecule has 1 aromatic carbocycles. The molecule has 1 saturated heterocycles. The second-order valence-electron chi connectivity index (χ2n) is 6.57. The molecule has 2 N–H and O–H groups in total. The molecular formula is C19H27N5S. The average molecular weight is 358 g/mol. The Morgan fingerprint density at radius 2 is 2.28 bits per heavy atom. The third-order valence-electron chi connectivity index (χ3n) is 4.37. The van der Waals surface area contributed by atoms with Gasteiger partial charge in [-0.1, -0.05) is 12.1 Å². The van der Waals surface area contributed by atoms with Gasteiger partial charge in [-0.3, -0.25) is 0 Å². The summed E-state index contributed by atoms with van der Waals surface area (Å²) in [6.07, 6.45) is 6.33. The molecule has 0 spiro atoms. The Bertz CT molecular complexity index is 690. The summed E-state index contributed by atoms with van der Waals surface area (Å²) in [5.41, 5.74) is 2.23. The first-order valence-electron chi connectivity index (χ1n) is 8.94. The van der Waals surface area contributed by atoms with Crippen molar-refractivity contribution in [2.75, 3.05) is 18.8 Å². The topological polar surface area (TPSA) is 54.2 Å². The van der Waals surface area contributed by atoms with E-state index in [1.54, 1.807) is 6.20 Å². The van der Waals surface area contributed by atoms with E-state index in [1.165, 1.54) is 24.2 Å². The molecule has 0 bridgehead atoms. The minimum absolute atomic E-state index is 0.330. The van der Waals surface area contributed by atoms with E-state index in [-0.39, 0.29) is 0 Å². The van der Waals surface area contributed by atoms with Crippen molar-refractivity contribution < 1.29 is 0 Å². The van der Waals surface area contributed by atoms with Crippen molar-refractivity contribution in [1.82, 2.24) is 20.4 Å². The zero-order chi connectivity index (χ0) is 17.5. The molecule has 1 fully saturated rings. The lowest BCUT2D eigenvalue weighted by molar-refractivity contribution is 0.584. The third kappa shape index (κ3) is 5.01. The van der Waals surface area contributed by atoms with Crippen LogP contribution in [0.3, 0.4) is 0 Å². The van der Waals surface area contributed by atoms with E-state index in [0.717, 1.165) is 24.7 Å². The second kappa shape index (κ2) is 8.43. The first kappa shape index (κ1) is 17.9. The molecule has 25 heavy (non-hydrogen) atoms. The van der Waals surface area contributed by atoms with Gasteiger partial charge in [0, 0.05) is 30.2 Å². The Hall–Kier alpha value is -1.95. The lowest BCUT2D eigenvalue weighted by Gasteiger charge is -2.24. The van der Waals surface area contributed by atoms with Gasteiger partial charge in [-0.25, -0.2) is 9.67 Å². The van der Waals surface area contributed by atoms with Crippen LogP contribution in [0, 0.1) is 0 Å². The summed E-state index contributed by atoms with van der Waals surface area (Å²) in [5.74, 6) is 2.16. The summed E-state index contributed by atoms with van der Waals surface area (Å²) in [7, 11) is 0. The van der Waals surface area contributed by atoms with Crippen molar-refractivity contribution in [3.05, 3.63) is 48.3 Å². The molecule has 0 amide bonds. The van der Waals surface area contributed by atoms with E-state index >= 15 is 0 Å². The first-order chi connectivity index (χ1) is 12.2. The maximum atomic E-state index is 4.75. The van der Waals surface area contributed by atoms with Crippen LogP contribution >= 0.6 is 11.8 Å². The van der Waals surface area contributed by atoms with Crippen molar-refractivity contribution in [2.24, 2.45) is 4.99 Å². The number of aliphatic imine (C=N–C) groups is 1. The van der Waals surface area contributed by atoms with E-state index in [4.69, 9.17) is 4.99 Å². The smallest absolute Gasteiger partial charge is 0.191 e. The summed E-state index contributed by atoms with van der Waals surface area (Å²) >= 11 is 2.06. The second-order valence-corrected chi connectivity index (χ2v) is 8.25. The minimum atomic E-state index is 0.330. The summed E-state index contributed by atoms with van der Waals surface area (Å²) in [4.78, 5) is 4.75. The fourth-order valence-electron chi connectivity index (χ4n) is 2.98. The zero-order valence-electron chi connectivity index (χ0n) is 15.0. The van der Waals surface area contributed by atoms with E-state index in [2.05, 4.69) is 65.6 Å². The summed E-state index contributed by atoms with van der Waals surface area (Å²) < 4.78 is 2.20. The van der Waals surface area contributed by atoms with Crippen molar-refractivity contribution >= 4 is 17.7 Å². The summed E-state index contributed by atoms with van der Waals surface area (Å²) in [6, 6.07) is 10.3. The van der Waals surface area contributed by atoms with Gasteiger partial charge in [-0.05, 0) is 56.2 Å². The molecule has 1 unspecified atom stereocenters. The normalized spacial score (nSPS) is 20.6. The van der Waals surface area contributed by atoms with Crippen LogP contribution < -0.4 is 10.6 Å². The molecule has 0 radical (unpaired) electrons. The molecule has 2 heterocycles. The average Bonchev–Trinajstić information content (AvgIpc) is 3.30. The quantitative estimate of drug-likeness (QED) is 0.616. The van der Waals surface area contributed by atoms with Crippen molar-refractivity contribution in [3.8, 4) is 5.69 Å². The summed E-state index contributed by atoms with van der Waals surface area (Å²) in [6.45, 7) is 6.91. The predicted octanol–water partition coefficient (Wildman–Crippen LogP) is 3.21. The number of nitrogens with zero attached hydrogens (tertiary/aromatic N) is 3. The maximum Gasteiger partial charge on any atom is 0.191 e. The van der Waals surface area contributed by atoms with Gasteiger partial charge in [0.1, 0.15) is 0 Å². The number of hydrogen-bond acceptors (Lipinski definition) is 3. The van der Waals surface area contributed by atoms with Crippen LogP contribution in [0.4, 0.5) is 0 Å². The lowest BCUT2D eigenvalue weighted by Crippen LogP contribution is -2.43. The number of aromatic nitrogens is 2. The SMILES string of the molecule is CCNC(=NCc1cccc(-n2cccn2)c1)NCC1(C)CCCS1. The molecule has 2 aromatic rings. The number of benzene rings is 1. The number of guanidine groups is 1. The summed E-state index contributed by atoms with van der Waals surface area (Å²) in [5, 5.41) is 11.2. The van der Waals surface area contributed by atoms with Gasteiger partial charge in [-0.2, -0.15) is 16.9 Å². The van der Waals surface area contributed by atoms with Gasteiger partial charge in [0.2, 0.25) is 0 Å². The van der Waals surface area contributed by atoms with Crippen LogP contribution in [0.2, 0.25) is 0 Å². The molecule has 1 aliphatic heterocycles. The highest BCUT2D eigenvalue weighted by atomic mass is 32.2. The molecule has 0 aliphatic carbocycles. The molecule has 5 nitrogen and oxygen atoms in total. The number of thioether (sulfide) groups is 1. The van der Waals surface area contributed by atoms with E-state index in [1.807, 2.05) is 16.9 Å². The van der Waals surface area contributed by atoms with Gasteiger partial charge in [0.05, 0.1) is 12.2 Å². The molecule has 0 saturated carbocycles. The maximum absolute atomic E-state index is 4.75. The zero-order valence-corrected chi connectivity index (χ0v) is 15.9. The van der Waals surface area contributed by atoms with Crippen molar-refractivity contribution in [2.45, 2.75) is 38.0 Å². The van der Waals surface area contributed by atoms with Crippen molar-refractivity contribution in [1.29, 1.82) is 0 Å². The third-order valence-corrected chi connectivity index (χ3v) is 5.91. The van der Waals surface area contributed by atoms with Crippen LogP contribution in [0.25, 0.3) is 5.69 Å². The Balaban J connectivity index is 1.64. The monoisotopic (exact) mass is 357 g/mol. The lowest BCUT2D eigenvalue weighted by atomic mass is 10.1. The molecule has 1 atom stereocenters. The van der Waals surface area contributed by atoms with Gasteiger partial charge < -0.3 is 10.6 Å². The molecule has 134 valence electrons. The Kier molecular flexibility index (Phi) is 6.02. The van der Waals surface area contributed by atoms with E-state index in [9.17, 15) is 0 Å². The highest BCUT2D eigenvalue weighted by Crippen LogP contribution is 2.36. The number of rotatable bonds is 6. The first-order valence-corrected chi connectivity index (χ1v) is 9.92. The Labute approximate surface area is 154 Å². The van der Waals surface area contributed by atoms with Crippen molar-refractivity contribution in [3.63, 3.8) is 0 Å². The molecule has 1 aromatic heterocycles. The van der Waals surface area contributed by atoms with Crippen LogP contribution in [0.5, 0.6) is 0 Å². The predicted molar refractivity (Wildman–Crippen MR) is 106 cm³/mol.